The third kappa shape index (κ3) is 6.45. The highest BCUT2D eigenvalue weighted by atomic mass is 28.3. The summed E-state index contributed by atoms with van der Waals surface area (Å²) >= 11 is 0. The van der Waals surface area contributed by atoms with Crippen molar-refractivity contribution in [3.8, 4) is 5.75 Å². The van der Waals surface area contributed by atoms with Crippen LogP contribution in [0.4, 0.5) is 0 Å². The normalized spacial score (nSPS) is 29.3. The third-order valence-electron chi connectivity index (χ3n) is 10.9. The van der Waals surface area contributed by atoms with Gasteiger partial charge in [-0.25, -0.2) is 0 Å². The van der Waals surface area contributed by atoms with Crippen molar-refractivity contribution in [1.29, 1.82) is 0 Å². The van der Waals surface area contributed by atoms with E-state index in [1.54, 1.807) is 7.11 Å². The van der Waals surface area contributed by atoms with Gasteiger partial charge in [-0.05, 0) is 116 Å². The first-order valence-corrected chi connectivity index (χ1v) is 20.7. The predicted octanol–water partition coefficient (Wildman–Crippen LogP) is 8.16. The number of carbonyl (C=O) groups is 2. The van der Waals surface area contributed by atoms with Crippen LogP contribution in [0.25, 0.3) is 0 Å². The molecule has 2 aromatic rings. The maximum Gasteiger partial charge on any atom is 0.251 e. The summed E-state index contributed by atoms with van der Waals surface area (Å²) < 4.78 is 5.61. The molecule has 4 saturated carbocycles. The molecule has 4 aliphatic carbocycles. The maximum atomic E-state index is 14.1. The van der Waals surface area contributed by atoms with E-state index in [2.05, 4.69) is 61.0 Å². The molecule has 232 valence electrons. The molecule has 7 rings (SSSR count). The van der Waals surface area contributed by atoms with Gasteiger partial charge in [0, 0.05) is 31.6 Å². The Bertz CT molecular complexity index is 1300. The number of hydrogen-bond acceptors (Lipinski definition) is 3. The van der Waals surface area contributed by atoms with Crippen LogP contribution in [-0.2, 0) is 11.2 Å². The second-order valence-corrected chi connectivity index (χ2v) is 21.2. The molecule has 5 aliphatic rings. The number of amides is 2. The molecule has 0 radical (unpaired) electrons. The second-order valence-electron chi connectivity index (χ2n) is 15.6. The standard InChI is InChI=1S/C37H52N2O3Si/c1-6-7-8-31-20-30-21-32(42-2)13-14-33(30)35(39(31)34(40)15-16-43(3,4)5)28-9-11-29(12-10-28)36(41)38-37-22-25-17-26(23-37)19-27(18-25)24-37/h9-14,21,25-27,31,35H,6-8,15-20,22-24H2,1-5H3,(H,38,41)/t25?,26?,27?,31-,35-,37?/m0/s1. The fraction of sp³-hybridized carbons (Fsp3) is 0.622. The van der Waals surface area contributed by atoms with E-state index in [4.69, 9.17) is 4.74 Å². The van der Waals surface area contributed by atoms with Gasteiger partial charge in [-0.1, -0.05) is 57.6 Å². The van der Waals surface area contributed by atoms with E-state index < -0.39 is 8.07 Å². The van der Waals surface area contributed by atoms with Crippen LogP contribution < -0.4 is 10.1 Å². The molecule has 1 heterocycles. The largest absolute Gasteiger partial charge is 0.497 e. The van der Waals surface area contributed by atoms with Crippen molar-refractivity contribution in [2.45, 2.75) is 121 Å². The number of ether oxygens (including phenoxy) is 1. The van der Waals surface area contributed by atoms with Gasteiger partial charge >= 0.3 is 0 Å². The predicted molar refractivity (Wildman–Crippen MR) is 176 cm³/mol. The Labute approximate surface area is 260 Å². The van der Waals surface area contributed by atoms with Crippen molar-refractivity contribution in [2.24, 2.45) is 17.8 Å². The number of rotatable bonds is 10. The summed E-state index contributed by atoms with van der Waals surface area (Å²) in [6, 6.07) is 15.5. The smallest absolute Gasteiger partial charge is 0.251 e. The Hall–Kier alpha value is -2.60. The molecule has 43 heavy (non-hydrogen) atoms. The number of hydrogen-bond donors (Lipinski definition) is 1. The van der Waals surface area contributed by atoms with E-state index in [1.165, 1.54) is 30.4 Å². The fourth-order valence-electron chi connectivity index (χ4n) is 9.24. The van der Waals surface area contributed by atoms with Crippen LogP contribution in [0.2, 0.25) is 25.7 Å². The summed E-state index contributed by atoms with van der Waals surface area (Å²) in [5, 5.41) is 3.54. The Kier molecular flexibility index (Phi) is 8.53. The summed E-state index contributed by atoms with van der Waals surface area (Å²) in [6.07, 6.45) is 12.2. The van der Waals surface area contributed by atoms with Gasteiger partial charge < -0.3 is 15.0 Å². The lowest BCUT2D eigenvalue weighted by Gasteiger charge is -2.56. The molecule has 1 N–H and O–H groups in total. The van der Waals surface area contributed by atoms with E-state index in [1.807, 2.05) is 18.2 Å². The first kappa shape index (κ1) is 30.4. The van der Waals surface area contributed by atoms with Gasteiger partial charge in [0.05, 0.1) is 13.2 Å². The monoisotopic (exact) mass is 600 g/mol. The van der Waals surface area contributed by atoms with Crippen LogP contribution in [0.15, 0.2) is 42.5 Å². The number of unbranched alkanes of at least 4 members (excludes halogenated alkanes) is 1. The van der Waals surface area contributed by atoms with Crippen LogP contribution in [0.5, 0.6) is 5.75 Å². The second kappa shape index (κ2) is 12.1. The quantitative estimate of drug-likeness (QED) is 0.280. The fourth-order valence-corrected chi connectivity index (χ4v) is 10.2. The Morgan fingerprint density at radius 2 is 1.63 bits per heavy atom. The van der Waals surface area contributed by atoms with Crippen LogP contribution >= 0.6 is 0 Å². The number of fused-ring (bicyclic) bond motifs is 1. The molecule has 4 bridgehead atoms. The molecular formula is C37H52N2O3Si. The molecule has 2 aromatic carbocycles. The van der Waals surface area contributed by atoms with Crippen LogP contribution in [0.3, 0.4) is 0 Å². The highest BCUT2D eigenvalue weighted by molar-refractivity contribution is 6.76. The Morgan fingerprint density at radius 3 is 2.21 bits per heavy atom. The highest BCUT2D eigenvalue weighted by Gasteiger charge is 2.51. The zero-order chi connectivity index (χ0) is 30.4. The molecule has 0 saturated heterocycles. The van der Waals surface area contributed by atoms with Crippen molar-refractivity contribution < 1.29 is 14.3 Å². The van der Waals surface area contributed by atoms with Crippen LogP contribution in [-0.4, -0.2) is 43.5 Å². The third-order valence-corrected chi connectivity index (χ3v) is 12.7. The summed E-state index contributed by atoms with van der Waals surface area (Å²) in [4.78, 5) is 30.0. The molecule has 0 aromatic heterocycles. The highest BCUT2D eigenvalue weighted by Crippen LogP contribution is 2.55. The lowest BCUT2D eigenvalue weighted by molar-refractivity contribution is -0.136. The minimum Gasteiger partial charge on any atom is -0.497 e. The lowest BCUT2D eigenvalue weighted by Crippen LogP contribution is -2.59. The first-order chi connectivity index (χ1) is 20.6. The van der Waals surface area contributed by atoms with E-state index >= 15 is 0 Å². The zero-order valence-corrected chi connectivity index (χ0v) is 28.1. The van der Waals surface area contributed by atoms with Gasteiger partial charge in [0.15, 0.2) is 0 Å². The molecule has 0 spiro atoms. The average Bonchev–Trinajstić information content (AvgIpc) is 2.96. The Balaban J connectivity index is 1.29. The molecule has 2 amide bonds. The number of benzene rings is 2. The molecule has 6 heteroatoms. The number of methoxy groups -OCH3 is 1. The minimum atomic E-state index is -1.37. The molecule has 0 unspecified atom stereocenters. The topological polar surface area (TPSA) is 58.6 Å². The minimum absolute atomic E-state index is 0.00203. The number of nitrogens with zero attached hydrogens (tertiary/aromatic N) is 1. The van der Waals surface area contributed by atoms with Gasteiger partial charge in [0.2, 0.25) is 5.91 Å². The Morgan fingerprint density at radius 1 is 0.977 bits per heavy atom. The van der Waals surface area contributed by atoms with Crippen LogP contribution in [0.1, 0.15) is 104 Å². The van der Waals surface area contributed by atoms with E-state index in [0.29, 0.717) is 6.42 Å². The van der Waals surface area contributed by atoms with Crippen LogP contribution in [0, 0.1) is 17.8 Å². The van der Waals surface area contributed by atoms with Gasteiger partial charge in [-0.15, -0.1) is 0 Å². The SMILES string of the molecule is CCCC[C@H]1Cc2cc(OC)ccc2[C@H](c2ccc(C(=O)NC34CC5CC(CC(C5)C3)C4)cc2)N1C(=O)CC[Si](C)(C)C. The zero-order valence-electron chi connectivity index (χ0n) is 27.1. The van der Waals surface area contributed by atoms with Crippen molar-refractivity contribution >= 4 is 19.9 Å². The summed E-state index contributed by atoms with van der Waals surface area (Å²) in [7, 11) is 0.343. The summed E-state index contributed by atoms with van der Waals surface area (Å²) in [5.74, 6) is 3.57. The molecule has 2 atom stereocenters. The summed E-state index contributed by atoms with van der Waals surface area (Å²) in [5.41, 5.74) is 4.26. The van der Waals surface area contributed by atoms with Gasteiger partial charge in [-0.3, -0.25) is 9.59 Å². The van der Waals surface area contributed by atoms with E-state index in [-0.39, 0.29) is 29.4 Å². The lowest BCUT2D eigenvalue weighted by atomic mass is 9.53. The van der Waals surface area contributed by atoms with Gasteiger partial charge in [0.1, 0.15) is 5.75 Å². The summed E-state index contributed by atoms with van der Waals surface area (Å²) in [6.45, 7) is 9.26. The van der Waals surface area contributed by atoms with E-state index in [0.717, 1.165) is 85.6 Å². The van der Waals surface area contributed by atoms with Gasteiger partial charge in [0.25, 0.3) is 5.91 Å². The van der Waals surface area contributed by atoms with E-state index in [9.17, 15) is 9.59 Å². The average molecular weight is 601 g/mol. The molecular weight excluding hydrogens is 549 g/mol. The van der Waals surface area contributed by atoms with Gasteiger partial charge in [-0.2, -0.15) is 0 Å². The number of carbonyl (C=O) groups excluding carboxylic acids is 2. The molecule has 4 fully saturated rings. The number of nitrogens with one attached hydrogen (secondary N) is 1. The van der Waals surface area contributed by atoms with Crippen molar-refractivity contribution in [1.82, 2.24) is 10.2 Å². The van der Waals surface area contributed by atoms with Crippen molar-refractivity contribution in [2.75, 3.05) is 7.11 Å². The molecule has 1 aliphatic heterocycles. The molecule has 5 nitrogen and oxygen atoms in total. The van der Waals surface area contributed by atoms with Crippen molar-refractivity contribution in [3.63, 3.8) is 0 Å². The maximum absolute atomic E-state index is 14.1. The first-order valence-electron chi connectivity index (χ1n) is 17.0. The van der Waals surface area contributed by atoms with Crippen molar-refractivity contribution in [3.05, 3.63) is 64.7 Å².